The van der Waals surface area contributed by atoms with E-state index >= 15 is 0 Å². The van der Waals surface area contributed by atoms with E-state index in [4.69, 9.17) is 15.6 Å². The lowest BCUT2D eigenvalue weighted by Crippen LogP contribution is -2.26. The topological polar surface area (TPSA) is 75.8 Å². The SMILES string of the molecule is COc1cc(N)ccc1N1CC2C(C1)C2C(=O)O. The Balaban J connectivity index is 1.77. The molecule has 2 atom stereocenters. The minimum absolute atomic E-state index is 0.138. The van der Waals surface area contributed by atoms with Crippen molar-refractivity contribution in [3.63, 3.8) is 0 Å². The van der Waals surface area contributed by atoms with E-state index in [0.717, 1.165) is 24.5 Å². The maximum absolute atomic E-state index is 10.9. The third-order valence-corrected chi connectivity index (χ3v) is 4.02. The van der Waals surface area contributed by atoms with E-state index in [9.17, 15) is 4.79 Å². The molecule has 2 fully saturated rings. The summed E-state index contributed by atoms with van der Waals surface area (Å²) >= 11 is 0. The van der Waals surface area contributed by atoms with Crippen LogP contribution in [0.1, 0.15) is 0 Å². The summed E-state index contributed by atoms with van der Waals surface area (Å²) in [4.78, 5) is 13.1. The van der Waals surface area contributed by atoms with Crippen LogP contribution in [0.25, 0.3) is 0 Å². The Hall–Kier alpha value is -1.91. The minimum atomic E-state index is -0.658. The molecule has 2 aliphatic rings. The van der Waals surface area contributed by atoms with Crippen LogP contribution >= 0.6 is 0 Å². The molecule has 96 valence electrons. The zero-order valence-corrected chi connectivity index (χ0v) is 10.2. The fraction of sp³-hybridized carbons (Fsp3) is 0.462. The van der Waals surface area contributed by atoms with Crippen molar-refractivity contribution in [1.82, 2.24) is 0 Å². The van der Waals surface area contributed by atoms with Crippen molar-refractivity contribution in [3.8, 4) is 5.75 Å². The first-order valence-corrected chi connectivity index (χ1v) is 6.03. The van der Waals surface area contributed by atoms with Crippen molar-refractivity contribution in [2.45, 2.75) is 0 Å². The molecule has 0 amide bonds. The molecule has 3 rings (SSSR count). The third-order valence-electron chi connectivity index (χ3n) is 4.02. The van der Waals surface area contributed by atoms with Gasteiger partial charge >= 0.3 is 5.97 Å². The molecule has 1 saturated carbocycles. The van der Waals surface area contributed by atoms with Gasteiger partial charge in [-0.25, -0.2) is 0 Å². The Morgan fingerprint density at radius 2 is 2.11 bits per heavy atom. The highest BCUT2D eigenvalue weighted by molar-refractivity contribution is 5.76. The molecule has 1 aromatic rings. The molecule has 1 saturated heterocycles. The van der Waals surface area contributed by atoms with Gasteiger partial charge in [0.1, 0.15) is 5.75 Å². The number of hydrogen-bond acceptors (Lipinski definition) is 4. The predicted octanol–water partition coefficient (Wildman–Crippen LogP) is 1.04. The lowest BCUT2D eigenvalue weighted by Gasteiger charge is -2.23. The van der Waals surface area contributed by atoms with Gasteiger partial charge in [0.15, 0.2) is 0 Å². The summed E-state index contributed by atoms with van der Waals surface area (Å²) in [5.74, 6) is 0.549. The fourth-order valence-corrected chi connectivity index (χ4v) is 3.04. The molecule has 18 heavy (non-hydrogen) atoms. The molecule has 1 aliphatic carbocycles. The van der Waals surface area contributed by atoms with Crippen LogP contribution in [0.3, 0.4) is 0 Å². The molecule has 2 unspecified atom stereocenters. The molecule has 0 bridgehead atoms. The van der Waals surface area contributed by atoms with Gasteiger partial charge in [-0.15, -0.1) is 0 Å². The second kappa shape index (κ2) is 3.80. The van der Waals surface area contributed by atoms with Crippen molar-refractivity contribution < 1.29 is 14.6 Å². The highest BCUT2D eigenvalue weighted by Crippen LogP contribution is 2.53. The summed E-state index contributed by atoms with van der Waals surface area (Å²) in [5.41, 5.74) is 7.40. The summed E-state index contributed by atoms with van der Waals surface area (Å²) in [6.07, 6.45) is 0. The first-order valence-electron chi connectivity index (χ1n) is 6.03. The highest BCUT2D eigenvalue weighted by Gasteiger charge is 2.59. The number of carbonyl (C=O) groups is 1. The van der Waals surface area contributed by atoms with Gasteiger partial charge in [0.05, 0.1) is 18.7 Å². The number of carboxylic acids is 1. The fourth-order valence-electron chi connectivity index (χ4n) is 3.04. The first kappa shape index (κ1) is 11.2. The number of anilines is 2. The van der Waals surface area contributed by atoms with Gasteiger partial charge in [0.2, 0.25) is 0 Å². The van der Waals surface area contributed by atoms with E-state index in [1.54, 1.807) is 13.2 Å². The van der Waals surface area contributed by atoms with E-state index in [0.29, 0.717) is 17.5 Å². The normalized spacial score (nSPS) is 28.9. The van der Waals surface area contributed by atoms with Crippen molar-refractivity contribution in [3.05, 3.63) is 18.2 Å². The minimum Gasteiger partial charge on any atom is -0.495 e. The zero-order chi connectivity index (χ0) is 12.9. The zero-order valence-electron chi connectivity index (χ0n) is 10.2. The average molecular weight is 248 g/mol. The number of piperidine rings is 1. The average Bonchev–Trinajstić information content (AvgIpc) is 2.86. The number of methoxy groups -OCH3 is 1. The van der Waals surface area contributed by atoms with Gasteiger partial charge in [-0.1, -0.05) is 0 Å². The van der Waals surface area contributed by atoms with Crippen LogP contribution < -0.4 is 15.4 Å². The molecular formula is C13H16N2O3. The van der Waals surface area contributed by atoms with Crippen molar-refractivity contribution in [1.29, 1.82) is 0 Å². The van der Waals surface area contributed by atoms with E-state index in [-0.39, 0.29) is 5.92 Å². The lowest BCUT2D eigenvalue weighted by molar-refractivity contribution is -0.139. The Morgan fingerprint density at radius 3 is 2.67 bits per heavy atom. The molecule has 1 aromatic carbocycles. The molecular weight excluding hydrogens is 232 g/mol. The highest BCUT2D eigenvalue weighted by atomic mass is 16.5. The predicted molar refractivity (Wildman–Crippen MR) is 67.7 cm³/mol. The van der Waals surface area contributed by atoms with Gasteiger partial charge in [0.25, 0.3) is 0 Å². The van der Waals surface area contributed by atoms with Gasteiger partial charge in [0, 0.05) is 24.8 Å². The molecule has 3 N–H and O–H groups in total. The van der Waals surface area contributed by atoms with Crippen LogP contribution in [0, 0.1) is 17.8 Å². The maximum atomic E-state index is 10.9. The third kappa shape index (κ3) is 1.58. The lowest BCUT2D eigenvalue weighted by atomic mass is 10.2. The van der Waals surface area contributed by atoms with Crippen LogP contribution in [-0.4, -0.2) is 31.3 Å². The Morgan fingerprint density at radius 1 is 1.44 bits per heavy atom. The number of rotatable bonds is 3. The van der Waals surface area contributed by atoms with Crippen molar-refractivity contribution >= 4 is 17.3 Å². The molecule has 5 nitrogen and oxygen atoms in total. The van der Waals surface area contributed by atoms with E-state index in [2.05, 4.69) is 4.90 Å². The summed E-state index contributed by atoms with van der Waals surface area (Å²) < 4.78 is 5.32. The van der Waals surface area contributed by atoms with Crippen molar-refractivity contribution in [2.75, 3.05) is 30.8 Å². The molecule has 5 heteroatoms. The number of fused-ring (bicyclic) bond motifs is 1. The van der Waals surface area contributed by atoms with E-state index < -0.39 is 5.97 Å². The molecule has 0 aromatic heterocycles. The van der Waals surface area contributed by atoms with Gasteiger partial charge in [-0.05, 0) is 24.0 Å². The molecule has 0 spiro atoms. The number of nitrogen functional groups attached to an aromatic ring is 1. The number of carboxylic acid groups (broad SMARTS) is 1. The number of hydrogen-bond donors (Lipinski definition) is 2. The van der Waals surface area contributed by atoms with Gasteiger partial charge < -0.3 is 20.5 Å². The number of nitrogens with zero attached hydrogens (tertiary/aromatic N) is 1. The Labute approximate surface area is 105 Å². The second-order valence-corrected chi connectivity index (χ2v) is 5.03. The van der Waals surface area contributed by atoms with Crippen LogP contribution in [0.2, 0.25) is 0 Å². The largest absolute Gasteiger partial charge is 0.495 e. The summed E-state index contributed by atoms with van der Waals surface area (Å²) in [6.45, 7) is 1.59. The standard InChI is InChI=1S/C13H16N2O3/c1-18-11-4-7(14)2-3-10(11)15-5-8-9(6-15)12(8)13(16)17/h2-4,8-9,12H,5-6,14H2,1H3,(H,16,17). The monoisotopic (exact) mass is 248 g/mol. The second-order valence-electron chi connectivity index (χ2n) is 5.03. The van der Waals surface area contributed by atoms with Crippen molar-refractivity contribution in [2.24, 2.45) is 17.8 Å². The Bertz CT molecular complexity index is 491. The maximum Gasteiger partial charge on any atom is 0.307 e. The molecule has 0 radical (unpaired) electrons. The van der Waals surface area contributed by atoms with Crippen LogP contribution in [-0.2, 0) is 4.79 Å². The van der Waals surface area contributed by atoms with E-state index in [1.165, 1.54) is 0 Å². The van der Waals surface area contributed by atoms with Crippen LogP contribution in [0.4, 0.5) is 11.4 Å². The number of ether oxygens (including phenoxy) is 1. The summed E-state index contributed by atoms with van der Waals surface area (Å²) in [5, 5.41) is 8.99. The number of benzene rings is 1. The molecule has 1 heterocycles. The molecule has 1 aliphatic heterocycles. The number of nitrogens with two attached hydrogens (primary N) is 1. The first-order chi connectivity index (χ1) is 8.61. The van der Waals surface area contributed by atoms with Gasteiger partial charge in [-0.2, -0.15) is 0 Å². The Kier molecular flexibility index (Phi) is 2.36. The summed E-state index contributed by atoms with van der Waals surface area (Å²) in [6, 6.07) is 5.58. The van der Waals surface area contributed by atoms with E-state index in [1.807, 2.05) is 12.1 Å². The quantitative estimate of drug-likeness (QED) is 0.782. The van der Waals surface area contributed by atoms with Crippen LogP contribution in [0.5, 0.6) is 5.75 Å². The van der Waals surface area contributed by atoms with Gasteiger partial charge in [-0.3, -0.25) is 4.79 Å². The van der Waals surface area contributed by atoms with Crippen LogP contribution in [0.15, 0.2) is 18.2 Å². The summed E-state index contributed by atoms with van der Waals surface area (Å²) in [7, 11) is 1.62. The number of aliphatic carboxylic acids is 1. The smallest absolute Gasteiger partial charge is 0.307 e.